The van der Waals surface area contributed by atoms with Crippen molar-refractivity contribution < 1.29 is 19.1 Å². The highest BCUT2D eigenvalue weighted by molar-refractivity contribution is 6.37. The van der Waals surface area contributed by atoms with Crippen molar-refractivity contribution in [1.29, 1.82) is 5.26 Å². The van der Waals surface area contributed by atoms with Gasteiger partial charge in [-0.3, -0.25) is 4.79 Å². The van der Waals surface area contributed by atoms with Gasteiger partial charge in [-0.1, -0.05) is 53.5 Å². The zero-order chi connectivity index (χ0) is 24.5. The molecule has 0 aliphatic rings. The predicted octanol–water partition coefficient (Wildman–Crippen LogP) is 6.29. The normalized spacial score (nSPS) is 10.8. The highest BCUT2D eigenvalue weighted by Crippen LogP contribution is 2.35. The molecule has 0 bridgehead atoms. The average molecular weight is 495 g/mol. The number of nitrogens with zero attached hydrogens (tertiary/aromatic N) is 1. The molecule has 3 rings (SSSR count). The summed E-state index contributed by atoms with van der Waals surface area (Å²) < 4.78 is 10.7. The van der Waals surface area contributed by atoms with Crippen LogP contribution in [0.5, 0.6) is 5.75 Å². The summed E-state index contributed by atoms with van der Waals surface area (Å²) in [7, 11) is 0. The van der Waals surface area contributed by atoms with Crippen LogP contribution < -0.4 is 10.1 Å². The molecule has 0 aromatic heterocycles. The quantitative estimate of drug-likeness (QED) is 0.225. The van der Waals surface area contributed by atoms with E-state index in [1.807, 2.05) is 36.4 Å². The van der Waals surface area contributed by atoms with Gasteiger partial charge >= 0.3 is 5.97 Å². The van der Waals surface area contributed by atoms with E-state index < -0.39 is 11.9 Å². The summed E-state index contributed by atoms with van der Waals surface area (Å²) in [5, 5.41) is 12.6. The molecule has 0 atom stereocenters. The molecule has 0 aliphatic heterocycles. The lowest BCUT2D eigenvalue weighted by Crippen LogP contribution is -2.13. The molecule has 3 aromatic carbocycles. The Morgan fingerprint density at radius 3 is 2.26 bits per heavy atom. The number of carbonyl (C=O) groups excluding carboxylic acids is 2. The molecule has 0 saturated carbocycles. The Bertz CT molecular complexity index is 1230. The number of halogens is 2. The second kappa shape index (κ2) is 11.9. The van der Waals surface area contributed by atoms with Crippen molar-refractivity contribution in [2.75, 3.05) is 11.9 Å². The molecule has 0 fully saturated rings. The van der Waals surface area contributed by atoms with Crippen molar-refractivity contribution in [2.45, 2.75) is 13.5 Å². The van der Waals surface area contributed by atoms with Gasteiger partial charge in [0.1, 0.15) is 18.2 Å². The Labute approximate surface area is 207 Å². The van der Waals surface area contributed by atoms with E-state index in [2.05, 4.69) is 5.32 Å². The van der Waals surface area contributed by atoms with Gasteiger partial charge in [-0.15, -0.1) is 0 Å². The Kier molecular flexibility index (Phi) is 8.69. The topological polar surface area (TPSA) is 88.4 Å². The summed E-state index contributed by atoms with van der Waals surface area (Å²) in [4.78, 5) is 24.3. The zero-order valence-electron chi connectivity index (χ0n) is 18.2. The fourth-order valence-electron chi connectivity index (χ4n) is 2.95. The number of nitrogens with one attached hydrogen (secondary N) is 1. The SMILES string of the molecule is CCOC(=O)c1ccc(NC(=O)/C(C#N)=C/c2cc(Cl)c(OCc3ccccc3)c(Cl)c2)cc1. The molecular formula is C26H20Cl2N2O4. The van der Waals surface area contributed by atoms with Crippen LogP contribution in [0.25, 0.3) is 6.08 Å². The van der Waals surface area contributed by atoms with Crippen LogP contribution in [0.4, 0.5) is 5.69 Å². The molecule has 6 nitrogen and oxygen atoms in total. The van der Waals surface area contributed by atoms with Crippen LogP contribution >= 0.6 is 23.2 Å². The van der Waals surface area contributed by atoms with E-state index in [0.29, 0.717) is 22.6 Å². The molecule has 0 radical (unpaired) electrons. The first kappa shape index (κ1) is 24.8. The summed E-state index contributed by atoms with van der Waals surface area (Å²) in [6, 6.07) is 20.7. The highest BCUT2D eigenvalue weighted by Gasteiger charge is 2.14. The van der Waals surface area contributed by atoms with Gasteiger partial charge in [0.15, 0.2) is 5.75 Å². The van der Waals surface area contributed by atoms with Crippen molar-refractivity contribution >= 4 is 46.8 Å². The first-order valence-electron chi connectivity index (χ1n) is 10.3. The maximum atomic E-state index is 12.6. The number of amides is 1. The maximum absolute atomic E-state index is 12.6. The molecule has 34 heavy (non-hydrogen) atoms. The Morgan fingerprint density at radius 1 is 1.03 bits per heavy atom. The molecule has 0 saturated heterocycles. The second-order valence-corrected chi connectivity index (χ2v) is 7.82. The minimum atomic E-state index is -0.622. The summed E-state index contributed by atoms with van der Waals surface area (Å²) in [6.45, 7) is 2.27. The lowest BCUT2D eigenvalue weighted by Gasteiger charge is -2.11. The first-order chi connectivity index (χ1) is 16.4. The Hall–Kier alpha value is -3.79. The van der Waals surface area contributed by atoms with Crippen LogP contribution in [0.3, 0.4) is 0 Å². The predicted molar refractivity (Wildman–Crippen MR) is 132 cm³/mol. The summed E-state index contributed by atoms with van der Waals surface area (Å²) >= 11 is 12.7. The van der Waals surface area contributed by atoms with Gasteiger partial charge in [0.05, 0.1) is 22.2 Å². The van der Waals surface area contributed by atoms with Crippen molar-refractivity contribution in [3.05, 3.63) is 99.0 Å². The number of nitriles is 1. The van der Waals surface area contributed by atoms with Crippen molar-refractivity contribution in [3.8, 4) is 11.8 Å². The number of rotatable bonds is 8. The van der Waals surface area contributed by atoms with E-state index in [1.165, 1.54) is 18.2 Å². The van der Waals surface area contributed by atoms with Crippen molar-refractivity contribution in [3.63, 3.8) is 0 Å². The number of anilines is 1. The fourth-order valence-corrected chi connectivity index (χ4v) is 3.56. The van der Waals surface area contributed by atoms with Crippen LogP contribution in [0, 0.1) is 11.3 Å². The van der Waals surface area contributed by atoms with Gasteiger partial charge < -0.3 is 14.8 Å². The van der Waals surface area contributed by atoms with Gasteiger partial charge in [-0.25, -0.2) is 4.79 Å². The minimum Gasteiger partial charge on any atom is -0.486 e. The third kappa shape index (κ3) is 6.61. The van der Waals surface area contributed by atoms with E-state index in [4.69, 9.17) is 32.7 Å². The largest absolute Gasteiger partial charge is 0.486 e. The van der Waals surface area contributed by atoms with Crippen LogP contribution in [-0.4, -0.2) is 18.5 Å². The Morgan fingerprint density at radius 2 is 1.68 bits per heavy atom. The number of hydrogen-bond donors (Lipinski definition) is 1. The van der Waals surface area contributed by atoms with Crippen molar-refractivity contribution in [1.82, 2.24) is 0 Å². The molecule has 8 heteroatoms. The summed E-state index contributed by atoms with van der Waals surface area (Å²) in [5.41, 5.74) is 2.04. The van der Waals surface area contributed by atoms with Crippen LogP contribution in [-0.2, 0) is 16.1 Å². The number of esters is 1. The third-order valence-corrected chi connectivity index (χ3v) is 5.14. The van der Waals surface area contributed by atoms with Crippen LogP contribution in [0.1, 0.15) is 28.4 Å². The monoisotopic (exact) mass is 494 g/mol. The molecule has 1 amide bonds. The molecule has 0 unspecified atom stereocenters. The van der Waals surface area contributed by atoms with E-state index >= 15 is 0 Å². The van der Waals surface area contributed by atoms with E-state index in [0.717, 1.165) is 5.56 Å². The van der Waals surface area contributed by atoms with Gasteiger partial charge in [0.2, 0.25) is 0 Å². The van der Waals surface area contributed by atoms with E-state index in [-0.39, 0.29) is 28.8 Å². The van der Waals surface area contributed by atoms with Gasteiger partial charge in [-0.2, -0.15) is 5.26 Å². The van der Waals surface area contributed by atoms with Gasteiger partial charge in [-0.05, 0) is 60.5 Å². The standard InChI is InChI=1S/C26H20Cl2N2O4/c1-2-33-26(32)19-8-10-21(11-9-19)30-25(31)20(15-29)12-18-13-22(27)24(23(28)14-18)34-16-17-6-4-3-5-7-17/h3-14H,2,16H2,1H3,(H,30,31)/b20-12+. The molecule has 0 heterocycles. The number of hydrogen-bond acceptors (Lipinski definition) is 5. The number of benzene rings is 3. The smallest absolute Gasteiger partial charge is 0.338 e. The summed E-state index contributed by atoms with van der Waals surface area (Å²) in [6.07, 6.45) is 1.38. The molecule has 172 valence electrons. The van der Waals surface area contributed by atoms with E-state index in [1.54, 1.807) is 31.2 Å². The fraction of sp³-hybridized carbons (Fsp3) is 0.115. The van der Waals surface area contributed by atoms with Gasteiger partial charge in [0, 0.05) is 5.69 Å². The number of carbonyl (C=O) groups is 2. The zero-order valence-corrected chi connectivity index (χ0v) is 19.7. The second-order valence-electron chi connectivity index (χ2n) is 7.01. The molecule has 0 spiro atoms. The lowest BCUT2D eigenvalue weighted by atomic mass is 10.1. The van der Waals surface area contributed by atoms with Crippen LogP contribution in [0.2, 0.25) is 10.0 Å². The summed E-state index contributed by atoms with van der Waals surface area (Å²) in [5.74, 6) is -0.764. The molecule has 3 aromatic rings. The maximum Gasteiger partial charge on any atom is 0.338 e. The van der Waals surface area contributed by atoms with Crippen molar-refractivity contribution in [2.24, 2.45) is 0 Å². The van der Waals surface area contributed by atoms with E-state index in [9.17, 15) is 14.9 Å². The number of ether oxygens (including phenoxy) is 2. The van der Waals surface area contributed by atoms with Gasteiger partial charge in [0.25, 0.3) is 5.91 Å². The third-order valence-electron chi connectivity index (χ3n) is 4.58. The Balaban J connectivity index is 1.72. The molecule has 1 N–H and O–H groups in total. The lowest BCUT2D eigenvalue weighted by molar-refractivity contribution is -0.112. The minimum absolute atomic E-state index is 0.153. The first-order valence-corrected chi connectivity index (χ1v) is 11.0. The van der Waals surface area contributed by atoms with Crippen LogP contribution in [0.15, 0.2) is 72.3 Å². The molecule has 0 aliphatic carbocycles. The highest BCUT2D eigenvalue weighted by atomic mass is 35.5. The average Bonchev–Trinajstić information content (AvgIpc) is 2.83. The molecular weight excluding hydrogens is 475 g/mol.